The van der Waals surface area contributed by atoms with E-state index in [1.807, 2.05) is 0 Å². The number of aromatic amines is 1. The maximum atomic E-state index is 13.2. The first-order valence-corrected chi connectivity index (χ1v) is 11.2. The number of hydrogen-bond acceptors (Lipinski definition) is 8. The third-order valence-electron chi connectivity index (χ3n) is 5.44. The number of nitrogens with one attached hydrogen (secondary N) is 4. The highest BCUT2D eigenvalue weighted by Gasteiger charge is 2.33. The van der Waals surface area contributed by atoms with Gasteiger partial charge in [0.25, 0.3) is 0 Å². The zero-order chi connectivity index (χ0) is 27.4. The lowest BCUT2D eigenvalue weighted by atomic mass is 9.97. The molecular formula is C21H33N7O8. The number of nitrogens with zero attached hydrogens (tertiary/aromatic N) is 1. The molecule has 0 radical (unpaired) electrons. The van der Waals surface area contributed by atoms with E-state index in [2.05, 4.69) is 25.9 Å². The SMILES string of the molecule is CCC(C)C(NC(=O)C(Cc1cnc[nH]1)NC(=O)C(N)CCC(N)=O)C(=O)NC(CC(=O)O)C(=O)O. The number of H-pyrrole nitrogens is 1. The van der Waals surface area contributed by atoms with Crippen molar-refractivity contribution < 1.29 is 39.0 Å². The van der Waals surface area contributed by atoms with Crippen LogP contribution < -0.4 is 27.4 Å². The predicted molar refractivity (Wildman–Crippen MR) is 124 cm³/mol. The third-order valence-corrected chi connectivity index (χ3v) is 5.44. The summed E-state index contributed by atoms with van der Waals surface area (Å²) in [6.07, 6.45) is 2.12. The molecule has 0 fully saturated rings. The number of aliphatic carboxylic acids is 2. The second-order valence-corrected chi connectivity index (χ2v) is 8.32. The van der Waals surface area contributed by atoms with Crippen LogP contribution in [0.1, 0.15) is 45.2 Å². The van der Waals surface area contributed by atoms with Crippen molar-refractivity contribution in [3.8, 4) is 0 Å². The molecule has 0 saturated heterocycles. The summed E-state index contributed by atoms with van der Waals surface area (Å²) in [5, 5.41) is 25.3. The van der Waals surface area contributed by atoms with E-state index in [0.29, 0.717) is 12.1 Å². The lowest BCUT2D eigenvalue weighted by Gasteiger charge is -2.27. The smallest absolute Gasteiger partial charge is 0.326 e. The van der Waals surface area contributed by atoms with Crippen molar-refractivity contribution in [1.29, 1.82) is 0 Å². The van der Waals surface area contributed by atoms with Crippen molar-refractivity contribution >= 4 is 35.6 Å². The minimum Gasteiger partial charge on any atom is -0.481 e. The Bertz CT molecular complexity index is 937. The van der Waals surface area contributed by atoms with Gasteiger partial charge in [-0.1, -0.05) is 20.3 Å². The molecule has 4 amide bonds. The molecule has 0 aromatic carbocycles. The number of amides is 4. The van der Waals surface area contributed by atoms with Gasteiger partial charge in [-0.15, -0.1) is 0 Å². The molecule has 10 N–H and O–H groups in total. The van der Waals surface area contributed by atoms with Crippen LogP contribution in [0, 0.1) is 5.92 Å². The summed E-state index contributed by atoms with van der Waals surface area (Å²) < 4.78 is 0. The average Bonchev–Trinajstić information content (AvgIpc) is 3.31. The van der Waals surface area contributed by atoms with Crippen LogP contribution in [-0.2, 0) is 35.2 Å². The van der Waals surface area contributed by atoms with E-state index in [9.17, 15) is 33.9 Å². The lowest BCUT2D eigenvalue weighted by molar-refractivity contribution is -0.147. The van der Waals surface area contributed by atoms with Gasteiger partial charge in [-0.2, -0.15) is 0 Å². The van der Waals surface area contributed by atoms with E-state index in [4.69, 9.17) is 16.6 Å². The minimum atomic E-state index is -1.71. The molecule has 5 atom stereocenters. The molecule has 15 nitrogen and oxygen atoms in total. The zero-order valence-corrected chi connectivity index (χ0v) is 20.0. The number of aromatic nitrogens is 2. The Labute approximate surface area is 206 Å². The fourth-order valence-corrected chi connectivity index (χ4v) is 3.13. The lowest BCUT2D eigenvalue weighted by Crippen LogP contribution is -2.59. The molecule has 36 heavy (non-hydrogen) atoms. The van der Waals surface area contributed by atoms with Gasteiger partial charge in [-0.25, -0.2) is 9.78 Å². The number of imidazole rings is 1. The molecule has 0 saturated carbocycles. The van der Waals surface area contributed by atoms with Crippen molar-refractivity contribution in [2.75, 3.05) is 0 Å². The van der Waals surface area contributed by atoms with Crippen molar-refractivity contribution in [3.05, 3.63) is 18.2 Å². The summed E-state index contributed by atoms with van der Waals surface area (Å²) >= 11 is 0. The number of carboxylic acids is 2. The zero-order valence-electron chi connectivity index (χ0n) is 20.0. The summed E-state index contributed by atoms with van der Waals surface area (Å²) in [6, 6.07) is -5.29. The van der Waals surface area contributed by atoms with Crippen LogP contribution in [0.15, 0.2) is 12.5 Å². The first-order valence-electron chi connectivity index (χ1n) is 11.2. The molecule has 0 aliphatic carbocycles. The highest BCUT2D eigenvalue weighted by Crippen LogP contribution is 2.11. The Balaban J connectivity index is 3.07. The molecule has 0 spiro atoms. The van der Waals surface area contributed by atoms with Crippen LogP contribution in [0.3, 0.4) is 0 Å². The van der Waals surface area contributed by atoms with Crippen LogP contribution in [0.2, 0.25) is 0 Å². The monoisotopic (exact) mass is 511 g/mol. The molecule has 1 rings (SSSR count). The van der Waals surface area contributed by atoms with Gasteiger partial charge in [0, 0.05) is 24.7 Å². The number of rotatable bonds is 16. The van der Waals surface area contributed by atoms with E-state index in [0.717, 1.165) is 0 Å². The van der Waals surface area contributed by atoms with Gasteiger partial charge >= 0.3 is 11.9 Å². The van der Waals surface area contributed by atoms with E-state index < -0.39 is 72.1 Å². The number of carboxylic acid groups (broad SMARTS) is 2. The Kier molecular flexibility index (Phi) is 12.0. The van der Waals surface area contributed by atoms with Crippen molar-refractivity contribution in [2.24, 2.45) is 17.4 Å². The number of carbonyl (C=O) groups is 6. The number of nitrogens with two attached hydrogens (primary N) is 2. The summed E-state index contributed by atoms with van der Waals surface area (Å²) in [5.41, 5.74) is 11.4. The fourth-order valence-electron chi connectivity index (χ4n) is 3.13. The van der Waals surface area contributed by atoms with Crippen molar-refractivity contribution in [2.45, 2.75) is 70.1 Å². The number of primary amides is 1. The standard InChI is InChI=1S/C21H33N7O8/c1-3-10(2)17(20(34)27-14(21(35)36)7-16(30)31)28-19(33)13(6-11-8-24-9-25-11)26-18(32)12(22)4-5-15(23)29/h8-10,12-14,17H,3-7,22H2,1-2H3,(H2,23,29)(H,24,25)(H,26,32)(H,27,34)(H,28,33)(H,30,31)(H,35,36). The maximum absolute atomic E-state index is 13.2. The van der Waals surface area contributed by atoms with Gasteiger partial charge in [0.2, 0.25) is 23.6 Å². The number of hydrogen-bond donors (Lipinski definition) is 8. The van der Waals surface area contributed by atoms with Crippen LogP contribution in [-0.4, -0.2) is 79.9 Å². The van der Waals surface area contributed by atoms with Gasteiger partial charge in [0.05, 0.1) is 18.8 Å². The molecular weight excluding hydrogens is 478 g/mol. The first kappa shape index (κ1) is 30.0. The van der Waals surface area contributed by atoms with E-state index in [1.54, 1.807) is 13.8 Å². The second kappa shape index (κ2) is 14.4. The first-order chi connectivity index (χ1) is 16.8. The molecule has 0 bridgehead atoms. The molecule has 15 heteroatoms. The van der Waals surface area contributed by atoms with Crippen molar-refractivity contribution in [1.82, 2.24) is 25.9 Å². The fraction of sp³-hybridized carbons (Fsp3) is 0.571. The summed E-state index contributed by atoms with van der Waals surface area (Å²) in [6.45, 7) is 3.38. The Morgan fingerprint density at radius 3 is 2.17 bits per heavy atom. The van der Waals surface area contributed by atoms with Crippen LogP contribution in [0.4, 0.5) is 0 Å². The third kappa shape index (κ3) is 10.1. The van der Waals surface area contributed by atoms with Gasteiger partial charge in [-0.05, 0) is 12.3 Å². The second-order valence-electron chi connectivity index (χ2n) is 8.32. The predicted octanol–water partition coefficient (Wildman–Crippen LogP) is -2.40. The van der Waals surface area contributed by atoms with Gasteiger partial charge in [0.1, 0.15) is 18.1 Å². The quantitative estimate of drug-likeness (QED) is 0.117. The van der Waals surface area contributed by atoms with Gasteiger partial charge in [0.15, 0.2) is 0 Å². The molecule has 0 aliphatic rings. The molecule has 1 aromatic heterocycles. The molecule has 0 aliphatic heterocycles. The van der Waals surface area contributed by atoms with Gasteiger partial charge in [-0.3, -0.25) is 24.0 Å². The Morgan fingerprint density at radius 2 is 1.67 bits per heavy atom. The Hall–Kier alpha value is -4.01. The topological polar surface area (TPSA) is 260 Å². The molecule has 5 unspecified atom stereocenters. The van der Waals surface area contributed by atoms with E-state index in [1.165, 1.54) is 12.5 Å². The normalized spacial score (nSPS) is 15.0. The minimum absolute atomic E-state index is 0.0440. The van der Waals surface area contributed by atoms with Gasteiger partial charge < -0.3 is 42.6 Å². The average molecular weight is 512 g/mol. The highest BCUT2D eigenvalue weighted by molar-refractivity contribution is 5.95. The molecule has 200 valence electrons. The van der Waals surface area contributed by atoms with Crippen LogP contribution >= 0.6 is 0 Å². The number of carbonyl (C=O) groups excluding carboxylic acids is 4. The van der Waals surface area contributed by atoms with Crippen molar-refractivity contribution in [3.63, 3.8) is 0 Å². The summed E-state index contributed by atoms with van der Waals surface area (Å²) in [7, 11) is 0. The van der Waals surface area contributed by atoms with E-state index in [-0.39, 0.29) is 19.3 Å². The molecule has 1 aromatic rings. The summed E-state index contributed by atoms with van der Waals surface area (Å²) in [4.78, 5) is 78.5. The van der Waals surface area contributed by atoms with E-state index >= 15 is 0 Å². The highest BCUT2D eigenvalue weighted by atomic mass is 16.4. The van der Waals surface area contributed by atoms with Crippen LogP contribution in [0.5, 0.6) is 0 Å². The largest absolute Gasteiger partial charge is 0.481 e. The Morgan fingerprint density at radius 1 is 1.03 bits per heavy atom. The maximum Gasteiger partial charge on any atom is 0.326 e. The summed E-state index contributed by atoms with van der Waals surface area (Å²) in [5.74, 6) is -6.49. The molecule has 1 heterocycles. The van der Waals surface area contributed by atoms with Crippen LogP contribution in [0.25, 0.3) is 0 Å².